The second kappa shape index (κ2) is 77.8. The first-order chi connectivity index (χ1) is 48.0. The highest BCUT2D eigenvalue weighted by atomic mass is 31.2. The number of phosphoric acid groups is 1. The normalized spacial score (nSPS) is 13.6. The number of quaternary nitrogens is 1. The summed E-state index contributed by atoms with van der Waals surface area (Å²) in [4.78, 5) is 36.0. The van der Waals surface area contributed by atoms with Crippen molar-refractivity contribution >= 4 is 19.8 Å². The van der Waals surface area contributed by atoms with Crippen LogP contribution in [0.15, 0.2) is 109 Å². The molecule has 568 valence electrons. The van der Waals surface area contributed by atoms with Crippen molar-refractivity contribution in [2.24, 2.45) is 0 Å². The van der Waals surface area contributed by atoms with E-state index >= 15 is 0 Å². The van der Waals surface area contributed by atoms with Crippen molar-refractivity contribution in [2.75, 3.05) is 47.5 Å². The van der Waals surface area contributed by atoms with Gasteiger partial charge in [-0.15, -0.1) is 0 Å². The summed E-state index contributed by atoms with van der Waals surface area (Å²) in [6.07, 6.45) is 111. The van der Waals surface area contributed by atoms with Gasteiger partial charge in [-0.1, -0.05) is 380 Å². The number of carbonyl (C=O) groups is 2. The van der Waals surface area contributed by atoms with E-state index in [0.29, 0.717) is 23.9 Å². The van der Waals surface area contributed by atoms with Gasteiger partial charge in [-0.3, -0.25) is 18.6 Å². The molecule has 0 aromatic heterocycles. The molecule has 1 N–H and O–H groups in total. The number of ether oxygens (including phenoxy) is 2. The maximum Gasteiger partial charge on any atom is 0.472 e. The van der Waals surface area contributed by atoms with E-state index in [2.05, 4.69) is 123 Å². The predicted molar refractivity (Wildman–Crippen MR) is 427 cm³/mol. The van der Waals surface area contributed by atoms with Gasteiger partial charge in [0.2, 0.25) is 0 Å². The van der Waals surface area contributed by atoms with Gasteiger partial charge in [-0.05, 0) is 103 Å². The Morgan fingerprint density at radius 1 is 0.327 bits per heavy atom. The van der Waals surface area contributed by atoms with Crippen LogP contribution in [0.4, 0.5) is 0 Å². The van der Waals surface area contributed by atoms with Crippen molar-refractivity contribution in [1.29, 1.82) is 0 Å². The summed E-state index contributed by atoms with van der Waals surface area (Å²) >= 11 is 0. The van der Waals surface area contributed by atoms with E-state index in [9.17, 15) is 19.0 Å². The van der Waals surface area contributed by atoms with E-state index in [1.807, 2.05) is 21.1 Å². The van der Waals surface area contributed by atoms with E-state index in [-0.39, 0.29) is 25.6 Å². The van der Waals surface area contributed by atoms with E-state index in [1.165, 1.54) is 270 Å². The fraction of sp³-hybridized carbons (Fsp3) is 0.773. The van der Waals surface area contributed by atoms with Gasteiger partial charge in [-0.25, -0.2) is 4.57 Å². The number of rotatable bonds is 77. The molecular weight excluding hydrogens is 1230 g/mol. The summed E-state index contributed by atoms with van der Waals surface area (Å²) in [5.41, 5.74) is 0. The molecule has 2 atom stereocenters. The molecule has 0 bridgehead atoms. The lowest BCUT2D eigenvalue weighted by Crippen LogP contribution is -2.37. The molecule has 0 aromatic rings. The Labute approximate surface area is 607 Å². The minimum atomic E-state index is -4.40. The van der Waals surface area contributed by atoms with Crippen LogP contribution in [0.1, 0.15) is 386 Å². The molecule has 0 saturated carbocycles. The van der Waals surface area contributed by atoms with Crippen molar-refractivity contribution in [3.8, 4) is 0 Å². The van der Waals surface area contributed by atoms with Crippen LogP contribution in [0.2, 0.25) is 0 Å². The Morgan fingerprint density at radius 3 is 0.867 bits per heavy atom. The first kappa shape index (κ1) is 94.7. The van der Waals surface area contributed by atoms with Crippen LogP contribution in [-0.4, -0.2) is 74.9 Å². The molecule has 0 amide bonds. The number of likely N-dealkylation sites (N-methyl/N-ethyl adjacent to an activating group) is 1. The Morgan fingerprint density at radius 2 is 0.582 bits per heavy atom. The maximum atomic E-state index is 12.9. The monoisotopic (exact) mass is 1390 g/mol. The molecule has 0 aliphatic rings. The zero-order valence-corrected chi connectivity index (χ0v) is 65.9. The average molecular weight is 1390 g/mol. The van der Waals surface area contributed by atoms with E-state index in [4.69, 9.17) is 18.5 Å². The number of phosphoric ester groups is 1. The Bertz CT molecular complexity index is 2030. The topological polar surface area (TPSA) is 108 Å². The standard InChI is InChI=1S/C88H158NO8P/c1-6-8-10-12-14-16-18-20-22-24-26-28-30-32-34-36-38-40-42-44-46-48-50-52-54-56-58-60-62-64-66-68-70-72-74-76-78-80-87(90)94-84-86(85-96-98(92,93)95-83-82-89(3,4)5)97-88(91)81-79-77-75-73-71-69-67-65-63-61-59-57-55-53-51-49-47-45-43-41-39-37-35-33-31-29-27-25-23-21-19-17-15-13-11-9-7-2/h9,11,15,17-18,20-21,23-24,26-27,29-30,32-33,35,39,41,86H,6-8,10,12-14,16,19,22,25,28,31,34,36-38,40,42-85H2,1-5H3/p+1/b11-9-,17-15-,20-18-,23-21-,26-24-,29-27-,32-30-,35-33-,41-39-. The van der Waals surface area contributed by atoms with E-state index in [1.54, 1.807) is 0 Å². The van der Waals surface area contributed by atoms with Crippen LogP contribution in [0, 0.1) is 0 Å². The maximum absolute atomic E-state index is 12.9. The largest absolute Gasteiger partial charge is 0.472 e. The first-order valence-corrected chi connectivity index (χ1v) is 43.1. The number of carbonyl (C=O) groups excluding carboxylic acids is 2. The molecular formula is C88H159NO8P+. The van der Waals surface area contributed by atoms with Gasteiger partial charge in [0.15, 0.2) is 6.10 Å². The van der Waals surface area contributed by atoms with E-state index in [0.717, 1.165) is 83.5 Å². The molecule has 0 aliphatic carbocycles. The zero-order valence-electron chi connectivity index (χ0n) is 65.0. The number of allylic oxidation sites excluding steroid dienone is 18. The second-order valence-corrected chi connectivity index (χ2v) is 30.6. The Balaban J connectivity index is 3.93. The van der Waals surface area contributed by atoms with Crippen molar-refractivity contribution in [3.05, 3.63) is 109 Å². The molecule has 0 rings (SSSR count). The molecule has 2 unspecified atom stereocenters. The zero-order chi connectivity index (χ0) is 71.1. The van der Waals surface area contributed by atoms with Crippen molar-refractivity contribution in [3.63, 3.8) is 0 Å². The Hall–Kier alpha value is -3.33. The van der Waals surface area contributed by atoms with Crippen LogP contribution in [-0.2, 0) is 32.7 Å². The van der Waals surface area contributed by atoms with Gasteiger partial charge in [0.05, 0.1) is 27.7 Å². The Kier molecular flexibility index (Phi) is 75.2. The molecule has 0 aromatic carbocycles. The summed E-state index contributed by atoms with van der Waals surface area (Å²) in [6, 6.07) is 0. The van der Waals surface area contributed by atoms with Crippen LogP contribution in [0.3, 0.4) is 0 Å². The highest BCUT2D eigenvalue weighted by molar-refractivity contribution is 7.47. The lowest BCUT2D eigenvalue weighted by molar-refractivity contribution is -0.870. The molecule has 0 saturated heterocycles. The highest BCUT2D eigenvalue weighted by Crippen LogP contribution is 2.43. The first-order valence-electron chi connectivity index (χ1n) is 41.6. The fourth-order valence-corrected chi connectivity index (χ4v) is 12.7. The molecule has 9 nitrogen and oxygen atoms in total. The summed E-state index contributed by atoms with van der Waals surface area (Å²) in [5.74, 6) is -0.781. The quantitative estimate of drug-likeness (QED) is 0.0211. The molecule has 0 fully saturated rings. The summed E-state index contributed by atoms with van der Waals surface area (Å²) in [6.45, 7) is 4.36. The van der Waals surface area contributed by atoms with Gasteiger partial charge in [0.25, 0.3) is 0 Å². The smallest absolute Gasteiger partial charge is 0.462 e. The third-order valence-corrected chi connectivity index (χ3v) is 19.3. The number of esters is 2. The summed E-state index contributed by atoms with van der Waals surface area (Å²) < 4.78 is 34.9. The average Bonchev–Trinajstić information content (AvgIpc) is 1.08. The van der Waals surface area contributed by atoms with Crippen LogP contribution in [0.5, 0.6) is 0 Å². The minimum Gasteiger partial charge on any atom is -0.462 e. The number of nitrogens with zero attached hydrogens (tertiary/aromatic N) is 1. The van der Waals surface area contributed by atoms with Gasteiger partial charge >= 0.3 is 19.8 Å². The molecule has 0 spiro atoms. The second-order valence-electron chi connectivity index (χ2n) is 29.1. The molecule has 98 heavy (non-hydrogen) atoms. The highest BCUT2D eigenvalue weighted by Gasteiger charge is 2.27. The van der Waals surface area contributed by atoms with Gasteiger partial charge in [-0.2, -0.15) is 0 Å². The number of hydrogen-bond donors (Lipinski definition) is 1. The van der Waals surface area contributed by atoms with Crippen molar-refractivity contribution < 1.29 is 42.1 Å². The van der Waals surface area contributed by atoms with Crippen LogP contribution < -0.4 is 0 Å². The van der Waals surface area contributed by atoms with Crippen molar-refractivity contribution in [2.45, 2.75) is 392 Å². The summed E-state index contributed by atoms with van der Waals surface area (Å²) in [5, 5.41) is 0. The predicted octanol–water partition coefficient (Wildman–Crippen LogP) is 28.0. The molecule has 0 radical (unpaired) electrons. The third-order valence-electron chi connectivity index (χ3n) is 18.3. The summed E-state index contributed by atoms with van der Waals surface area (Å²) in [7, 11) is 1.49. The molecule has 0 heterocycles. The fourth-order valence-electron chi connectivity index (χ4n) is 12.0. The lowest BCUT2D eigenvalue weighted by Gasteiger charge is -2.24. The van der Waals surface area contributed by atoms with Gasteiger partial charge < -0.3 is 18.9 Å². The molecule has 0 aliphatic heterocycles. The van der Waals surface area contributed by atoms with Crippen molar-refractivity contribution in [1.82, 2.24) is 0 Å². The SMILES string of the molecule is CC/C=C\C/C=C\C/C=C\C/C=C\C/C=C\C/C=C\CCCCCCCCCCCCCCCCCCCCC(=O)OC(COC(=O)CCCCCCCCCCCCCCCCCCCCCCCC/C=C\C/C=C\C/C=C\CCCCCCC)COP(=O)(O)OCC[N+](C)(C)C. The third kappa shape index (κ3) is 81.6. The van der Waals surface area contributed by atoms with Crippen LogP contribution in [0.25, 0.3) is 0 Å². The van der Waals surface area contributed by atoms with Gasteiger partial charge in [0.1, 0.15) is 19.8 Å². The number of hydrogen-bond acceptors (Lipinski definition) is 7. The van der Waals surface area contributed by atoms with Crippen LogP contribution >= 0.6 is 7.82 Å². The number of unbranched alkanes of at least 4 members (excludes halogenated alkanes) is 45. The lowest BCUT2D eigenvalue weighted by atomic mass is 10.0. The van der Waals surface area contributed by atoms with Gasteiger partial charge in [0, 0.05) is 12.8 Å². The molecule has 10 heteroatoms. The minimum absolute atomic E-state index is 0.0312. The van der Waals surface area contributed by atoms with E-state index < -0.39 is 26.5 Å².